The van der Waals surface area contributed by atoms with Crippen LogP contribution in [-0.2, 0) is 0 Å². The van der Waals surface area contributed by atoms with Crippen LogP contribution in [0.3, 0.4) is 0 Å². The Morgan fingerprint density at radius 3 is 2.94 bits per heavy atom. The molecule has 0 aliphatic carbocycles. The first-order chi connectivity index (χ1) is 8.84. The Kier molecular flexibility index (Phi) is 3.66. The van der Waals surface area contributed by atoms with E-state index in [1.165, 1.54) is 44.5 Å². The van der Waals surface area contributed by atoms with E-state index < -0.39 is 0 Å². The summed E-state index contributed by atoms with van der Waals surface area (Å²) in [6, 6.07) is 1.05. The average Bonchev–Trinajstić information content (AvgIpc) is 3.11. The van der Waals surface area contributed by atoms with Crippen molar-refractivity contribution in [1.29, 1.82) is 0 Å². The van der Waals surface area contributed by atoms with Crippen molar-refractivity contribution in [2.75, 3.05) is 26.2 Å². The van der Waals surface area contributed by atoms with Crippen molar-refractivity contribution in [3.05, 3.63) is 18.2 Å². The molecule has 2 atom stereocenters. The van der Waals surface area contributed by atoms with Gasteiger partial charge in [0.2, 0.25) is 0 Å². The summed E-state index contributed by atoms with van der Waals surface area (Å²) in [5.74, 6) is 0. The molecular formula is C14H24N4. The molecule has 0 spiro atoms. The van der Waals surface area contributed by atoms with Gasteiger partial charge < -0.3 is 14.8 Å². The number of likely N-dealkylation sites (tertiary alicyclic amines) is 1. The maximum absolute atomic E-state index is 4.37. The highest BCUT2D eigenvalue weighted by atomic mass is 15.2. The summed E-state index contributed by atoms with van der Waals surface area (Å²) in [5.41, 5.74) is 1.37. The smallest absolute Gasteiger partial charge is 0.0951 e. The summed E-state index contributed by atoms with van der Waals surface area (Å²) in [4.78, 5) is 6.95. The molecule has 100 valence electrons. The summed E-state index contributed by atoms with van der Waals surface area (Å²) < 4.78 is 2.38. The van der Waals surface area contributed by atoms with Crippen molar-refractivity contribution in [3.63, 3.8) is 0 Å². The van der Waals surface area contributed by atoms with Crippen molar-refractivity contribution in [2.45, 2.75) is 44.7 Å². The highest BCUT2D eigenvalue weighted by Crippen LogP contribution is 2.25. The van der Waals surface area contributed by atoms with Gasteiger partial charge in [0.15, 0.2) is 0 Å². The highest BCUT2D eigenvalue weighted by Gasteiger charge is 2.23. The van der Waals surface area contributed by atoms with E-state index in [0.717, 1.165) is 13.1 Å². The Labute approximate surface area is 109 Å². The third-order valence-electron chi connectivity index (χ3n) is 4.31. The van der Waals surface area contributed by atoms with Crippen molar-refractivity contribution < 1.29 is 0 Å². The average molecular weight is 248 g/mol. The number of hydrogen-bond donors (Lipinski definition) is 1. The third kappa shape index (κ3) is 2.45. The zero-order valence-electron chi connectivity index (χ0n) is 11.3. The van der Waals surface area contributed by atoms with Crippen LogP contribution in [0, 0.1) is 0 Å². The minimum Gasteiger partial charge on any atom is -0.329 e. The lowest BCUT2D eigenvalue weighted by molar-refractivity contribution is 0.283. The van der Waals surface area contributed by atoms with Gasteiger partial charge in [-0.1, -0.05) is 0 Å². The van der Waals surface area contributed by atoms with Gasteiger partial charge in [0.05, 0.1) is 12.0 Å². The van der Waals surface area contributed by atoms with Gasteiger partial charge in [-0.15, -0.1) is 0 Å². The Bertz CT molecular complexity index is 375. The first-order valence-electron chi connectivity index (χ1n) is 7.32. The summed E-state index contributed by atoms with van der Waals surface area (Å²) in [5, 5.41) is 3.57. The number of nitrogens with zero attached hydrogens (tertiary/aromatic N) is 3. The Morgan fingerprint density at radius 1 is 1.39 bits per heavy atom. The van der Waals surface area contributed by atoms with Gasteiger partial charge in [-0.2, -0.15) is 0 Å². The van der Waals surface area contributed by atoms with Crippen molar-refractivity contribution >= 4 is 0 Å². The maximum Gasteiger partial charge on any atom is 0.0951 e. The molecule has 4 nitrogen and oxygen atoms in total. The number of rotatable bonds is 4. The third-order valence-corrected chi connectivity index (χ3v) is 4.31. The van der Waals surface area contributed by atoms with E-state index in [1.54, 1.807) is 0 Å². The molecule has 3 heterocycles. The Morgan fingerprint density at radius 2 is 2.22 bits per heavy atom. The van der Waals surface area contributed by atoms with Crippen LogP contribution >= 0.6 is 0 Å². The Hall–Kier alpha value is -0.870. The summed E-state index contributed by atoms with van der Waals surface area (Å²) in [6.45, 7) is 7.18. The normalized spacial score (nSPS) is 26.8. The first kappa shape index (κ1) is 12.2. The van der Waals surface area contributed by atoms with E-state index in [4.69, 9.17) is 0 Å². The van der Waals surface area contributed by atoms with Crippen LogP contribution in [0.4, 0.5) is 0 Å². The molecule has 0 saturated carbocycles. The lowest BCUT2D eigenvalue weighted by atomic mass is 10.1. The summed E-state index contributed by atoms with van der Waals surface area (Å²) >= 11 is 0. The molecule has 1 aromatic heterocycles. The largest absolute Gasteiger partial charge is 0.329 e. The fourth-order valence-corrected chi connectivity index (χ4v) is 3.32. The molecule has 2 aliphatic rings. The maximum atomic E-state index is 4.37. The molecule has 0 radical (unpaired) electrons. The van der Waals surface area contributed by atoms with Crippen molar-refractivity contribution in [1.82, 2.24) is 19.8 Å². The molecule has 1 N–H and O–H groups in total. The minimum atomic E-state index is 0.522. The number of hydrogen-bond acceptors (Lipinski definition) is 3. The zero-order valence-corrected chi connectivity index (χ0v) is 11.3. The molecule has 2 fully saturated rings. The van der Waals surface area contributed by atoms with Gasteiger partial charge in [-0.05, 0) is 52.2 Å². The van der Waals surface area contributed by atoms with E-state index in [9.17, 15) is 0 Å². The fourth-order valence-electron chi connectivity index (χ4n) is 3.32. The van der Waals surface area contributed by atoms with Gasteiger partial charge in [0, 0.05) is 24.8 Å². The predicted octanol–water partition coefficient (Wildman–Crippen LogP) is 1.96. The molecular weight excluding hydrogens is 224 g/mol. The summed E-state index contributed by atoms with van der Waals surface area (Å²) in [7, 11) is 0. The second-order valence-electron chi connectivity index (χ2n) is 5.73. The fraction of sp³-hybridized carbons (Fsp3) is 0.786. The van der Waals surface area contributed by atoms with Crippen LogP contribution in [0.5, 0.6) is 0 Å². The van der Waals surface area contributed by atoms with E-state index in [0.29, 0.717) is 12.1 Å². The van der Waals surface area contributed by atoms with Gasteiger partial charge >= 0.3 is 0 Å². The lowest BCUT2D eigenvalue weighted by Crippen LogP contribution is -2.28. The Balaban J connectivity index is 1.68. The molecule has 1 aromatic rings. The molecule has 0 bridgehead atoms. The first-order valence-corrected chi connectivity index (χ1v) is 7.32. The standard InChI is InChI=1S/C14H24N4/c1-12(10-17-7-2-3-8-17)18-11-15-9-14(18)13-5-4-6-16-13/h9,11-13,16H,2-8,10H2,1H3. The molecule has 4 heteroatoms. The molecule has 2 aliphatic heterocycles. The number of nitrogens with one attached hydrogen (secondary N) is 1. The quantitative estimate of drug-likeness (QED) is 0.884. The van der Waals surface area contributed by atoms with Crippen LogP contribution in [0.2, 0.25) is 0 Å². The van der Waals surface area contributed by atoms with Gasteiger partial charge in [-0.3, -0.25) is 0 Å². The van der Waals surface area contributed by atoms with Crippen LogP contribution in [0.25, 0.3) is 0 Å². The molecule has 3 rings (SSSR count). The number of aromatic nitrogens is 2. The summed E-state index contributed by atoms with van der Waals surface area (Å²) in [6.07, 6.45) is 9.33. The van der Waals surface area contributed by atoms with E-state index in [-0.39, 0.29) is 0 Å². The van der Waals surface area contributed by atoms with Gasteiger partial charge in [0.1, 0.15) is 0 Å². The highest BCUT2D eigenvalue weighted by molar-refractivity contribution is 5.08. The van der Waals surface area contributed by atoms with Crippen LogP contribution < -0.4 is 5.32 Å². The monoisotopic (exact) mass is 248 g/mol. The zero-order chi connectivity index (χ0) is 12.4. The van der Waals surface area contributed by atoms with Gasteiger partial charge in [-0.25, -0.2) is 4.98 Å². The molecule has 2 saturated heterocycles. The SMILES string of the molecule is CC(CN1CCCC1)n1cncc1C1CCCN1. The topological polar surface area (TPSA) is 33.1 Å². The molecule has 18 heavy (non-hydrogen) atoms. The van der Waals surface area contributed by atoms with E-state index in [2.05, 4.69) is 26.7 Å². The lowest BCUT2D eigenvalue weighted by Gasteiger charge is -2.24. The molecule has 2 unspecified atom stereocenters. The van der Waals surface area contributed by atoms with Crippen LogP contribution in [0.1, 0.15) is 50.4 Å². The van der Waals surface area contributed by atoms with Crippen molar-refractivity contribution in [3.8, 4) is 0 Å². The second kappa shape index (κ2) is 5.41. The molecule has 0 amide bonds. The van der Waals surface area contributed by atoms with E-state index >= 15 is 0 Å². The van der Waals surface area contributed by atoms with Crippen molar-refractivity contribution in [2.24, 2.45) is 0 Å². The van der Waals surface area contributed by atoms with Gasteiger partial charge in [0.25, 0.3) is 0 Å². The minimum absolute atomic E-state index is 0.522. The van der Waals surface area contributed by atoms with Crippen LogP contribution in [-0.4, -0.2) is 40.6 Å². The van der Waals surface area contributed by atoms with Crippen LogP contribution in [0.15, 0.2) is 12.5 Å². The second-order valence-corrected chi connectivity index (χ2v) is 5.73. The predicted molar refractivity (Wildman–Crippen MR) is 72.6 cm³/mol. The van der Waals surface area contributed by atoms with E-state index in [1.807, 2.05) is 12.5 Å². The number of imidazole rings is 1. The molecule has 0 aromatic carbocycles.